The lowest BCUT2D eigenvalue weighted by molar-refractivity contribution is 0.282. The van der Waals surface area contributed by atoms with E-state index < -0.39 is 5.76 Å². The molecule has 1 heterocycles. The van der Waals surface area contributed by atoms with Crippen LogP contribution in [0.5, 0.6) is 6.08 Å². The van der Waals surface area contributed by atoms with Crippen molar-refractivity contribution in [1.82, 2.24) is 9.78 Å². The molecule has 1 aromatic carbocycles. The van der Waals surface area contributed by atoms with Gasteiger partial charge in [0.15, 0.2) is 0 Å². The molecule has 0 bridgehead atoms. The topological polar surface area (TPSA) is 69.3 Å². The van der Waals surface area contributed by atoms with Crippen LogP contribution < -0.4 is 15.8 Å². The fourth-order valence-electron chi connectivity index (χ4n) is 2.45. The summed E-state index contributed by atoms with van der Waals surface area (Å²) >= 11 is 0. The number of ether oxygens (including phenoxy) is 1. The molecular formula is C19H27N3O3. The van der Waals surface area contributed by atoms with Crippen molar-refractivity contribution in [2.24, 2.45) is 0 Å². The summed E-state index contributed by atoms with van der Waals surface area (Å²) in [6.07, 6.45) is 11.7. The molecule has 0 spiro atoms. The third-order valence-corrected chi connectivity index (χ3v) is 3.81. The van der Waals surface area contributed by atoms with Crippen molar-refractivity contribution >= 4 is 5.69 Å². The van der Waals surface area contributed by atoms with Gasteiger partial charge in [-0.1, -0.05) is 43.1 Å². The first kappa shape index (κ1) is 18.8. The van der Waals surface area contributed by atoms with Gasteiger partial charge in [0, 0.05) is 12.2 Å². The van der Waals surface area contributed by atoms with Gasteiger partial charge >= 0.3 is 11.8 Å². The molecule has 6 heteroatoms. The Morgan fingerprint density at radius 2 is 2.04 bits per heavy atom. The number of allylic oxidation sites excluding steroid dienone is 2. The van der Waals surface area contributed by atoms with Crippen molar-refractivity contribution in [2.75, 3.05) is 19.0 Å². The molecule has 2 aromatic rings. The zero-order chi connectivity index (χ0) is 17.9. The van der Waals surface area contributed by atoms with E-state index in [1.807, 2.05) is 18.2 Å². The van der Waals surface area contributed by atoms with Gasteiger partial charge in [0.25, 0.3) is 0 Å². The summed E-state index contributed by atoms with van der Waals surface area (Å²) in [7, 11) is 1.41. The van der Waals surface area contributed by atoms with Gasteiger partial charge in [-0.15, -0.1) is 0 Å². The van der Waals surface area contributed by atoms with Gasteiger partial charge in [0.05, 0.1) is 12.8 Å². The maximum Gasteiger partial charge on any atom is 0.444 e. The van der Waals surface area contributed by atoms with Crippen molar-refractivity contribution in [3.05, 3.63) is 47.0 Å². The Kier molecular flexibility index (Phi) is 7.82. The van der Waals surface area contributed by atoms with E-state index in [-0.39, 0.29) is 6.08 Å². The second-order valence-electron chi connectivity index (χ2n) is 5.84. The Bertz CT molecular complexity index is 719. The van der Waals surface area contributed by atoms with Crippen LogP contribution in [-0.4, -0.2) is 23.4 Å². The van der Waals surface area contributed by atoms with Crippen molar-refractivity contribution in [1.29, 1.82) is 0 Å². The summed E-state index contributed by atoms with van der Waals surface area (Å²) in [6, 6.07) is 7.50. The van der Waals surface area contributed by atoms with E-state index >= 15 is 0 Å². The highest BCUT2D eigenvalue weighted by Crippen LogP contribution is 2.14. The molecule has 0 aliphatic carbocycles. The molecule has 2 rings (SSSR count). The van der Waals surface area contributed by atoms with Crippen molar-refractivity contribution in [2.45, 2.75) is 45.4 Å². The molecule has 0 aliphatic heterocycles. The normalized spacial score (nSPS) is 11.1. The second kappa shape index (κ2) is 10.4. The number of unbranched alkanes of at least 4 members (excludes halogenated alkanes) is 4. The minimum Gasteiger partial charge on any atom is -0.452 e. The summed E-state index contributed by atoms with van der Waals surface area (Å²) in [5.74, 6) is -0.567. The maximum absolute atomic E-state index is 11.8. The molecule has 0 atom stereocenters. The number of hydrogen-bond donors (Lipinski definition) is 1. The van der Waals surface area contributed by atoms with E-state index in [4.69, 9.17) is 9.15 Å². The van der Waals surface area contributed by atoms with E-state index in [1.165, 1.54) is 37.5 Å². The predicted octanol–water partition coefficient (Wildman–Crippen LogP) is 4.16. The molecule has 1 N–H and O–H groups in total. The predicted molar refractivity (Wildman–Crippen MR) is 99.7 cm³/mol. The average molecular weight is 345 g/mol. The van der Waals surface area contributed by atoms with Gasteiger partial charge in [-0.25, -0.2) is 4.79 Å². The maximum atomic E-state index is 11.8. The summed E-state index contributed by atoms with van der Waals surface area (Å²) in [5, 5.41) is 7.34. The average Bonchev–Trinajstić information content (AvgIpc) is 3.01. The summed E-state index contributed by atoms with van der Waals surface area (Å²) in [5.41, 5.74) is 1.58. The zero-order valence-corrected chi connectivity index (χ0v) is 15.0. The van der Waals surface area contributed by atoms with E-state index in [2.05, 4.69) is 29.5 Å². The first-order valence-electron chi connectivity index (χ1n) is 8.88. The first-order chi connectivity index (χ1) is 12.2. The number of nitrogens with one attached hydrogen (secondary N) is 1. The zero-order valence-electron chi connectivity index (χ0n) is 15.0. The highest BCUT2D eigenvalue weighted by molar-refractivity contribution is 5.50. The van der Waals surface area contributed by atoms with Crippen LogP contribution in [0.25, 0.3) is 5.69 Å². The molecular weight excluding hydrogens is 318 g/mol. The fourth-order valence-corrected chi connectivity index (χ4v) is 2.45. The molecule has 136 valence electrons. The van der Waals surface area contributed by atoms with E-state index in [0.29, 0.717) is 5.69 Å². The smallest absolute Gasteiger partial charge is 0.444 e. The van der Waals surface area contributed by atoms with Gasteiger partial charge in [0.1, 0.15) is 0 Å². The fraction of sp³-hybridized carbons (Fsp3) is 0.474. The second-order valence-corrected chi connectivity index (χ2v) is 5.84. The molecule has 6 nitrogen and oxygen atoms in total. The van der Waals surface area contributed by atoms with Crippen LogP contribution in [0, 0.1) is 0 Å². The highest BCUT2D eigenvalue weighted by Gasteiger charge is 2.10. The Balaban J connectivity index is 1.80. The Hall–Kier alpha value is -2.50. The largest absolute Gasteiger partial charge is 0.452 e. The molecule has 0 amide bonds. The van der Waals surface area contributed by atoms with Gasteiger partial charge in [-0.3, -0.25) is 0 Å². The third-order valence-electron chi connectivity index (χ3n) is 3.81. The molecule has 0 saturated heterocycles. The third kappa shape index (κ3) is 6.14. The Morgan fingerprint density at radius 3 is 2.76 bits per heavy atom. The molecule has 1 aromatic heterocycles. The lowest BCUT2D eigenvalue weighted by atomic mass is 10.2. The minimum absolute atomic E-state index is 0.0471. The van der Waals surface area contributed by atoms with Crippen molar-refractivity contribution in [3.8, 4) is 11.8 Å². The van der Waals surface area contributed by atoms with Gasteiger partial charge < -0.3 is 14.5 Å². The lowest BCUT2D eigenvalue weighted by Gasteiger charge is -2.07. The van der Waals surface area contributed by atoms with Crippen molar-refractivity contribution < 1.29 is 9.15 Å². The number of aromatic nitrogens is 2. The molecule has 0 unspecified atom stereocenters. The number of nitrogens with zero attached hydrogens (tertiary/aromatic N) is 2. The summed E-state index contributed by atoms with van der Waals surface area (Å²) in [4.78, 5) is 11.8. The van der Waals surface area contributed by atoms with Crippen LogP contribution in [0.2, 0.25) is 0 Å². The molecule has 0 aliphatic rings. The molecule has 25 heavy (non-hydrogen) atoms. The van der Waals surface area contributed by atoms with Gasteiger partial charge in [-0.2, -0.15) is 4.68 Å². The SMILES string of the molecule is CCCCCC=CCCCNc1cccc(-n2nc(OC)oc2=O)c1. The molecule has 0 saturated carbocycles. The van der Waals surface area contributed by atoms with Crippen LogP contribution >= 0.6 is 0 Å². The standard InChI is InChI=1S/C19H27N3O3/c1-3-4-5-6-7-8-9-10-14-20-16-12-11-13-17(15-16)22-19(23)25-18(21-22)24-2/h7-8,11-13,15,20H,3-6,9-10,14H2,1-2H3. The van der Waals surface area contributed by atoms with Gasteiger partial charge in [0.2, 0.25) is 0 Å². The number of benzene rings is 1. The lowest BCUT2D eigenvalue weighted by Crippen LogP contribution is -2.13. The number of rotatable bonds is 11. The highest BCUT2D eigenvalue weighted by atomic mass is 16.6. The number of anilines is 1. The molecule has 0 radical (unpaired) electrons. The summed E-state index contributed by atoms with van der Waals surface area (Å²) < 4.78 is 10.9. The Morgan fingerprint density at radius 1 is 1.24 bits per heavy atom. The van der Waals surface area contributed by atoms with Crippen molar-refractivity contribution in [3.63, 3.8) is 0 Å². The quantitative estimate of drug-likeness (QED) is 0.489. The van der Waals surface area contributed by atoms with Crippen LogP contribution in [-0.2, 0) is 0 Å². The first-order valence-corrected chi connectivity index (χ1v) is 8.88. The van der Waals surface area contributed by atoms with Crippen LogP contribution in [0.3, 0.4) is 0 Å². The number of methoxy groups -OCH3 is 1. The van der Waals surface area contributed by atoms with E-state index in [9.17, 15) is 4.79 Å². The van der Waals surface area contributed by atoms with Crippen LogP contribution in [0.15, 0.2) is 45.6 Å². The van der Waals surface area contributed by atoms with E-state index in [0.717, 1.165) is 25.1 Å². The Labute approximate surface area is 148 Å². The van der Waals surface area contributed by atoms with Gasteiger partial charge in [-0.05, 0) is 43.9 Å². The minimum atomic E-state index is -0.567. The van der Waals surface area contributed by atoms with Crippen LogP contribution in [0.4, 0.5) is 5.69 Å². The van der Waals surface area contributed by atoms with Crippen LogP contribution in [0.1, 0.15) is 45.4 Å². The monoisotopic (exact) mass is 345 g/mol. The summed E-state index contributed by atoms with van der Waals surface area (Å²) in [6.45, 7) is 3.10. The van der Waals surface area contributed by atoms with E-state index in [1.54, 1.807) is 6.07 Å². The number of hydrogen-bond acceptors (Lipinski definition) is 5. The molecule has 0 fully saturated rings.